The van der Waals surface area contributed by atoms with Gasteiger partial charge in [0.15, 0.2) is 0 Å². The van der Waals surface area contributed by atoms with E-state index in [1.54, 1.807) is 0 Å². The van der Waals surface area contributed by atoms with Gasteiger partial charge in [-0.05, 0) is 60.5 Å². The molecule has 32 heavy (non-hydrogen) atoms. The molecule has 0 aliphatic rings. The zero-order chi connectivity index (χ0) is 21.8. The molecule has 0 amide bonds. The number of fused-ring (bicyclic) bond motifs is 4. The van der Waals surface area contributed by atoms with E-state index in [4.69, 9.17) is 4.98 Å². The number of hydrogen-bond donors (Lipinski definition) is 0. The maximum absolute atomic E-state index is 4.80. The van der Waals surface area contributed by atoms with Crippen LogP contribution in [0.15, 0.2) is 85.1 Å². The number of rotatable bonds is 2. The lowest BCUT2D eigenvalue weighted by atomic mass is 9.93. The second kappa shape index (κ2) is 7.29. The van der Waals surface area contributed by atoms with Crippen LogP contribution in [0.1, 0.15) is 16.7 Å². The van der Waals surface area contributed by atoms with Crippen LogP contribution in [-0.2, 0) is 0 Å². The van der Waals surface area contributed by atoms with Crippen molar-refractivity contribution < 1.29 is 0 Å². The molecule has 154 valence electrons. The highest BCUT2D eigenvalue weighted by Gasteiger charge is 2.14. The van der Waals surface area contributed by atoms with Crippen LogP contribution in [0.25, 0.3) is 53.3 Å². The first-order valence-corrected chi connectivity index (χ1v) is 11.8. The van der Waals surface area contributed by atoms with Gasteiger partial charge in [-0.2, -0.15) is 0 Å². The third kappa shape index (κ3) is 3.03. The number of pyridine rings is 1. The molecular formula is C30H23NS. The summed E-state index contributed by atoms with van der Waals surface area (Å²) in [6.07, 6.45) is 1.98. The summed E-state index contributed by atoms with van der Waals surface area (Å²) in [5.41, 5.74) is 8.88. The normalized spacial score (nSPS) is 11.6. The maximum Gasteiger partial charge on any atom is 0.0722 e. The van der Waals surface area contributed by atoms with E-state index in [2.05, 4.69) is 99.6 Å². The summed E-state index contributed by atoms with van der Waals surface area (Å²) in [4.78, 5) is 4.80. The Morgan fingerprint density at radius 1 is 0.688 bits per heavy atom. The van der Waals surface area contributed by atoms with Crippen molar-refractivity contribution in [3.8, 4) is 22.4 Å². The second-order valence-electron chi connectivity index (χ2n) is 8.69. The molecule has 0 saturated heterocycles. The molecule has 6 rings (SSSR count). The number of nitrogens with zero attached hydrogens (tertiary/aromatic N) is 1. The molecule has 0 radical (unpaired) electrons. The van der Waals surface area contributed by atoms with Crippen LogP contribution in [0.2, 0.25) is 0 Å². The van der Waals surface area contributed by atoms with Crippen LogP contribution in [-0.4, -0.2) is 4.98 Å². The van der Waals surface area contributed by atoms with Crippen LogP contribution in [0.4, 0.5) is 0 Å². The fourth-order valence-electron chi connectivity index (χ4n) is 5.02. The zero-order valence-corrected chi connectivity index (χ0v) is 19.3. The van der Waals surface area contributed by atoms with Gasteiger partial charge in [0.05, 0.1) is 5.69 Å². The minimum absolute atomic E-state index is 1.03. The van der Waals surface area contributed by atoms with E-state index < -0.39 is 0 Å². The minimum Gasteiger partial charge on any atom is -0.256 e. The van der Waals surface area contributed by atoms with Crippen LogP contribution < -0.4 is 0 Å². The number of benzene rings is 4. The van der Waals surface area contributed by atoms with Gasteiger partial charge in [-0.1, -0.05) is 72.3 Å². The van der Waals surface area contributed by atoms with Gasteiger partial charge in [-0.3, -0.25) is 4.98 Å². The van der Waals surface area contributed by atoms with Gasteiger partial charge in [-0.15, -0.1) is 11.3 Å². The van der Waals surface area contributed by atoms with E-state index in [1.807, 2.05) is 17.5 Å². The van der Waals surface area contributed by atoms with E-state index in [1.165, 1.54) is 64.3 Å². The quantitative estimate of drug-likeness (QED) is 0.268. The maximum atomic E-state index is 4.80. The first-order valence-electron chi connectivity index (χ1n) is 11.0. The zero-order valence-electron chi connectivity index (χ0n) is 18.4. The lowest BCUT2D eigenvalue weighted by Crippen LogP contribution is -1.89. The molecule has 2 aromatic heterocycles. The average molecular weight is 430 g/mol. The highest BCUT2D eigenvalue weighted by molar-refractivity contribution is 7.26. The number of aryl methyl sites for hydroxylation is 3. The summed E-state index contributed by atoms with van der Waals surface area (Å²) in [6.45, 7) is 6.60. The first-order chi connectivity index (χ1) is 15.6. The van der Waals surface area contributed by atoms with Crippen molar-refractivity contribution in [3.05, 3.63) is 102 Å². The Hall–Kier alpha value is -3.49. The SMILES string of the molecule is Cc1cc(C)c(-c2ccc3c(c2)sc2c(-c4cc5ccccc5cn4)cccc23)c(C)c1. The lowest BCUT2D eigenvalue weighted by molar-refractivity contribution is 1.32. The van der Waals surface area contributed by atoms with Crippen molar-refractivity contribution in [2.24, 2.45) is 0 Å². The molecule has 0 N–H and O–H groups in total. The van der Waals surface area contributed by atoms with Crippen molar-refractivity contribution in [3.63, 3.8) is 0 Å². The Bertz CT molecular complexity index is 1630. The van der Waals surface area contributed by atoms with E-state index >= 15 is 0 Å². The van der Waals surface area contributed by atoms with Gasteiger partial charge in [0, 0.05) is 37.3 Å². The summed E-state index contributed by atoms with van der Waals surface area (Å²) >= 11 is 1.87. The number of aromatic nitrogens is 1. The summed E-state index contributed by atoms with van der Waals surface area (Å²) in [5.74, 6) is 0. The van der Waals surface area contributed by atoms with Crippen molar-refractivity contribution in [1.82, 2.24) is 4.98 Å². The molecule has 0 fully saturated rings. The van der Waals surface area contributed by atoms with E-state index in [0.717, 1.165) is 5.69 Å². The molecule has 0 spiro atoms. The van der Waals surface area contributed by atoms with Crippen molar-refractivity contribution >= 4 is 42.3 Å². The minimum atomic E-state index is 1.03. The number of hydrogen-bond acceptors (Lipinski definition) is 2. The molecule has 0 unspecified atom stereocenters. The monoisotopic (exact) mass is 429 g/mol. The Morgan fingerprint density at radius 2 is 1.47 bits per heavy atom. The van der Waals surface area contributed by atoms with Gasteiger partial charge in [0.1, 0.15) is 0 Å². The van der Waals surface area contributed by atoms with Gasteiger partial charge in [-0.25, -0.2) is 0 Å². The molecule has 0 aliphatic carbocycles. The molecule has 1 nitrogen and oxygen atoms in total. The molecule has 0 atom stereocenters. The standard InChI is InChI=1S/C30H23NS/c1-18-13-19(2)29(20(3)14-18)22-11-12-24-25-9-6-10-26(30(25)32-28(24)16-22)27-15-21-7-4-5-8-23(21)17-31-27/h4-17H,1-3H3. The summed E-state index contributed by atoms with van der Waals surface area (Å²) in [7, 11) is 0. The van der Waals surface area contributed by atoms with Crippen LogP contribution in [0.5, 0.6) is 0 Å². The largest absolute Gasteiger partial charge is 0.256 e. The first kappa shape index (κ1) is 19.2. The van der Waals surface area contributed by atoms with Gasteiger partial charge in [0.2, 0.25) is 0 Å². The number of thiophene rings is 1. The van der Waals surface area contributed by atoms with E-state index in [9.17, 15) is 0 Å². The molecule has 2 heteroatoms. The van der Waals surface area contributed by atoms with Crippen molar-refractivity contribution in [2.75, 3.05) is 0 Å². The van der Waals surface area contributed by atoms with E-state index in [-0.39, 0.29) is 0 Å². The highest BCUT2D eigenvalue weighted by atomic mass is 32.1. The molecule has 4 aromatic carbocycles. The fourth-order valence-corrected chi connectivity index (χ4v) is 6.29. The Balaban J connectivity index is 1.56. The van der Waals surface area contributed by atoms with Crippen LogP contribution in [0, 0.1) is 20.8 Å². The second-order valence-corrected chi connectivity index (χ2v) is 9.74. The molecule has 0 aliphatic heterocycles. The predicted molar refractivity (Wildman–Crippen MR) is 140 cm³/mol. The average Bonchev–Trinajstić information content (AvgIpc) is 3.16. The van der Waals surface area contributed by atoms with Crippen molar-refractivity contribution in [1.29, 1.82) is 0 Å². The predicted octanol–water partition coefficient (Wildman–Crippen LogP) is 8.86. The van der Waals surface area contributed by atoms with Gasteiger partial charge < -0.3 is 0 Å². The summed E-state index contributed by atoms with van der Waals surface area (Å²) in [6, 6.07) is 28.7. The molecular weight excluding hydrogens is 406 g/mol. The topological polar surface area (TPSA) is 12.9 Å². The van der Waals surface area contributed by atoms with Crippen molar-refractivity contribution in [2.45, 2.75) is 20.8 Å². The Morgan fingerprint density at radius 3 is 2.28 bits per heavy atom. The summed E-state index contributed by atoms with van der Waals surface area (Å²) < 4.78 is 2.63. The third-order valence-electron chi connectivity index (χ3n) is 6.37. The fraction of sp³-hybridized carbons (Fsp3) is 0.100. The molecule has 2 heterocycles. The van der Waals surface area contributed by atoms with Gasteiger partial charge >= 0.3 is 0 Å². The summed E-state index contributed by atoms with van der Waals surface area (Å²) in [5, 5.41) is 5.02. The molecule has 6 aromatic rings. The van der Waals surface area contributed by atoms with Gasteiger partial charge in [0.25, 0.3) is 0 Å². The van der Waals surface area contributed by atoms with Crippen LogP contribution >= 0.6 is 11.3 Å². The highest BCUT2D eigenvalue weighted by Crippen LogP contribution is 2.41. The molecule has 0 bridgehead atoms. The lowest BCUT2D eigenvalue weighted by Gasteiger charge is -2.11. The molecule has 0 saturated carbocycles. The van der Waals surface area contributed by atoms with Crippen LogP contribution in [0.3, 0.4) is 0 Å². The van der Waals surface area contributed by atoms with E-state index in [0.29, 0.717) is 0 Å². The third-order valence-corrected chi connectivity index (χ3v) is 7.57. The smallest absolute Gasteiger partial charge is 0.0722 e. The Kier molecular flexibility index (Phi) is 4.38. The Labute approximate surface area is 192 Å².